The topological polar surface area (TPSA) is 61.4 Å². The van der Waals surface area contributed by atoms with E-state index in [1.165, 1.54) is 0 Å². The molecule has 0 aliphatic rings. The van der Waals surface area contributed by atoms with Crippen LogP contribution < -0.4 is 10.6 Å². The standard InChI is InChI=1S/C14H21ClN2O2/c1-2-13(18)7-9-17-14(19)16-8-6-11-4-3-5-12(15)10-11/h3-5,10,13,18H,2,6-9H2,1H3,(H2,16,17,19). The minimum Gasteiger partial charge on any atom is -0.393 e. The van der Waals surface area contributed by atoms with Crippen LogP contribution in [-0.2, 0) is 6.42 Å². The normalized spacial score (nSPS) is 11.9. The van der Waals surface area contributed by atoms with Crippen molar-refractivity contribution >= 4 is 17.6 Å². The number of hydrogen-bond donors (Lipinski definition) is 3. The number of urea groups is 1. The van der Waals surface area contributed by atoms with Crippen LogP contribution in [0.5, 0.6) is 0 Å². The van der Waals surface area contributed by atoms with Crippen LogP contribution in [0.25, 0.3) is 0 Å². The van der Waals surface area contributed by atoms with Crippen molar-refractivity contribution in [3.63, 3.8) is 0 Å². The molecule has 106 valence electrons. The number of aliphatic hydroxyl groups excluding tert-OH is 1. The molecule has 0 radical (unpaired) electrons. The van der Waals surface area contributed by atoms with E-state index in [2.05, 4.69) is 10.6 Å². The lowest BCUT2D eigenvalue weighted by atomic mass is 10.1. The van der Waals surface area contributed by atoms with Gasteiger partial charge >= 0.3 is 6.03 Å². The highest BCUT2D eigenvalue weighted by atomic mass is 35.5. The summed E-state index contributed by atoms with van der Waals surface area (Å²) in [4.78, 5) is 11.4. The van der Waals surface area contributed by atoms with E-state index in [-0.39, 0.29) is 12.1 Å². The highest BCUT2D eigenvalue weighted by Gasteiger charge is 2.03. The molecular weight excluding hydrogens is 264 g/mol. The molecule has 0 saturated heterocycles. The maximum absolute atomic E-state index is 11.4. The van der Waals surface area contributed by atoms with Crippen molar-refractivity contribution in [3.05, 3.63) is 34.9 Å². The Kier molecular flexibility index (Phi) is 7.30. The molecule has 0 aromatic heterocycles. The third-order valence-electron chi connectivity index (χ3n) is 2.82. The molecule has 0 aliphatic heterocycles. The van der Waals surface area contributed by atoms with E-state index in [1.54, 1.807) is 0 Å². The summed E-state index contributed by atoms with van der Waals surface area (Å²) in [5.41, 5.74) is 1.09. The molecule has 0 bridgehead atoms. The number of nitrogens with one attached hydrogen (secondary N) is 2. The van der Waals surface area contributed by atoms with Gasteiger partial charge in [-0.1, -0.05) is 30.7 Å². The molecular formula is C14H21ClN2O2. The average Bonchev–Trinajstić information content (AvgIpc) is 2.38. The lowest BCUT2D eigenvalue weighted by molar-refractivity contribution is 0.160. The van der Waals surface area contributed by atoms with E-state index in [0.717, 1.165) is 12.0 Å². The molecule has 19 heavy (non-hydrogen) atoms. The maximum atomic E-state index is 11.4. The summed E-state index contributed by atoms with van der Waals surface area (Å²) < 4.78 is 0. The zero-order valence-corrected chi connectivity index (χ0v) is 11.9. The van der Waals surface area contributed by atoms with Crippen LogP contribution in [0, 0.1) is 0 Å². The van der Waals surface area contributed by atoms with Gasteiger partial charge in [0, 0.05) is 18.1 Å². The molecule has 1 rings (SSSR count). The van der Waals surface area contributed by atoms with Gasteiger partial charge in [0.05, 0.1) is 6.10 Å². The first-order chi connectivity index (χ1) is 9.11. The molecule has 0 fully saturated rings. The zero-order valence-electron chi connectivity index (χ0n) is 11.2. The van der Waals surface area contributed by atoms with Gasteiger partial charge in [0.1, 0.15) is 0 Å². The van der Waals surface area contributed by atoms with E-state index in [9.17, 15) is 9.90 Å². The Hall–Kier alpha value is -1.26. The van der Waals surface area contributed by atoms with Gasteiger partial charge in [-0.05, 0) is 37.0 Å². The average molecular weight is 285 g/mol. The van der Waals surface area contributed by atoms with Crippen LogP contribution in [0.1, 0.15) is 25.3 Å². The Morgan fingerprint density at radius 1 is 1.37 bits per heavy atom. The highest BCUT2D eigenvalue weighted by molar-refractivity contribution is 6.30. The number of benzene rings is 1. The molecule has 1 aromatic rings. The van der Waals surface area contributed by atoms with Gasteiger partial charge in [-0.2, -0.15) is 0 Å². The lowest BCUT2D eigenvalue weighted by Crippen LogP contribution is -2.37. The number of hydrogen-bond acceptors (Lipinski definition) is 2. The third-order valence-corrected chi connectivity index (χ3v) is 3.06. The summed E-state index contributed by atoms with van der Waals surface area (Å²) in [6, 6.07) is 7.38. The van der Waals surface area contributed by atoms with Gasteiger partial charge in [0.15, 0.2) is 0 Å². The van der Waals surface area contributed by atoms with Crippen LogP contribution in [-0.4, -0.2) is 30.3 Å². The predicted molar refractivity (Wildman–Crippen MR) is 77.5 cm³/mol. The van der Waals surface area contributed by atoms with Crippen molar-refractivity contribution < 1.29 is 9.90 Å². The number of aliphatic hydroxyl groups is 1. The van der Waals surface area contributed by atoms with Gasteiger partial charge in [-0.15, -0.1) is 0 Å². The predicted octanol–water partition coefficient (Wildman–Crippen LogP) is 2.34. The largest absolute Gasteiger partial charge is 0.393 e. The molecule has 0 aliphatic carbocycles. The summed E-state index contributed by atoms with van der Waals surface area (Å²) >= 11 is 5.87. The molecule has 1 aromatic carbocycles. The van der Waals surface area contributed by atoms with Gasteiger partial charge in [-0.3, -0.25) is 0 Å². The van der Waals surface area contributed by atoms with Crippen molar-refractivity contribution in [2.24, 2.45) is 0 Å². The van der Waals surface area contributed by atoms with E-state index in [0.29, 0.717) is 31.0 Å². The van der Waals surface area contributed by atoms with Crippen LogP contribution in [0.4, 0.5) is 4.79 Å². The van der Waals surface area contributed by atoms with Crippen molar-refractivity contribution in [1.82, 2.24) is 10.6 Å². The molecule has 1 atom stereocenters. The second-order valence-electron chi connectivity index (χ2n) is 4.41. The van der Waals surface area contributed by atoms with E-state index in [4.69, 9.17) is 11.6 Å². The van der Waals surface area contributed by atoms with E-state index in [1.807, 2.05) is 31.2 Å². The highest BCUT2D eigenvalue weighted by Crippen LogP contribution is 2.10. The summed E-state index contributed by atoms with van der Waals surface area (Å²) in [6.07, 6.45) is 1.69. The first-order valence-corrected chi connectivity index (χ1v) is 6.93. The van der Waals surface area contributed by atoms with Crippen LogP contribution in [0.3, 0.4) is 0 Å². The number of rotatable bonds is 7. The summed E-state index contributed by atoms with van der Waals surface area (Å²) in [5, 5.41) is 15.5. The first-order valence-electron chi connectivity index (χ1n) is 6.56. The second kappa shape index (κ2) is 8.77. The fourth-order valence-corrected chi connectivity index (χ4v) is 1.84. The van der Waals surface area contributed by atoms with E-state index >= 15 is 0 Å². The number of carbonyl (C=O) groups is 1. The monoisotopic (exact) mass is 284 g/mol. The van der Waals surface area contributed by atoms with Gasteiger partial charge in [0.2, 0.25) is 0 Å². The fraction of sp³-hybridized carbons (Fsp3) is 0.500. The fourth-order valence-electron chi connectivity index (χ4n) is 1.63. The van der Waals surface area contributed by atoms with Crippen molar-refractivity contribution in [3.8, 4) is 0 Å². The van der Waals surface area contributed by atoms with Gasteiger partial charge in [-0.25, -0.2) is 4.79 Å². The lowest BCUT2D eigenvalue weighted by Gasteiger charge is -2.10. The second-order valence-corrected chi connectivity index (χ2v) is 4.85. The van der Waals surface area contributed by atoms with Crippen molar-refractivity contribution in [1.29, 1.82) is 0 Å². The number of amides is 2. The van der Waals surface area contributed by atoms with Gasteiger partial charge in [0.25, 0.3) is 0 Å². The Morgan fingerprint density at radius 2 is 2.11 bits per heavy atom. The van der Waals surface area contributed by atoms with Crippen LogP contribution in [0.15, 0.2) is 24.3 Å². The quantitative estimate of drug-likeness (QED) is 0.720. The number of carbonyl (C=O) groups excluding carboxylic acids is 1. The maximum Gasteiger partial charge on any atom is 0.314 e. The minimum absolute atomic E-state index is 0.203. The van der Waals surface area contributed by atoms with Crippen molar-refractivity contribution in [2.45, 2.75) is 32.3 Å². The Morgan fingerprint density at radius 3 is 2.79 bits per heavy atom. The smallest absolute Gasteiger partial charge is 0.314 e. The van der Waals surface area contributed by atoms with Crippen molar-refractivity contribution in [2.75, 3.05) is 13.1 Å². The Bertz CT molecular complexity index is 399. The molecule has 3 N–H and O–H groups in total. The zero-order chi connectivity index (χ0) is 14.1. The molecule has 0 spiro atoms. The molecule has 0 heterocycles. The third kappa shape index (κ3) is 7.03. The molecule has 0 saturated carbocycles. The molecule has 1 unspecified atom stereocenters. The minimum atomic E-state index is -0.341. The summed E-state index contributed by atoms with van der Waals surface area (Å²) in [6.45, 7) is 2.95. The SMILES string of the molecule is CCC(O)CCNC(=O)NCCc1cccc(Cl)c1. The number of halogens is 1. The summed E-state index contributed by atoms with van der Waals surface area (Å²) in [7, 11) is 0. The van der Waals surface area contributed by atoms with Gasteiger partial charge < -0.3 is 15.7 Å². The van der Waals surface area contributed by atoms with E-state index < -0.39 is 0 Å². The Labute approximate surface area is 119 Å². The molecule has 4 nitrogen and oxygen atoms in total. The summed E-state index contributed by atoms with van der Waals surface area (Å²) in [5.74, 6) is 0. The first kappa shape index (κ1) is 15.8. The van der Waals surface area contributed by atoms with Crippen LogP contribution in [0.2, 0.25) is 5.02 Å². The molecule has 5 heteroatoms. The molecule has 2 amide bonds. The Balaban J connectivity index is 2.13. The van der Waals surface area contributed by atoms with Crippen LogP contribution >= 0.6 is 11.6 Å².